The summed E-state index contributed by atoms with van der Waals surface area (Å²) in [6, 6.07) is 7.58. The highest BCUT2D eigenvalue weighted by Crippen LogP contribution is 2.25. The quantitative estimate of drug-likeness (QED) is 0.566. The highest BCUT2D eigenvalue weighted by molar-refractivity contribution is 7.98. The van der Waals surface area contributed by atoms with Gasteiger partial charge in [0.25, 0.3) is 5.91 Å². The summed E-state index contributed by atoms with van der Waals surface area (Å²) in [5, 5.41) is 14.7. The fraction of sp³-hybridized carbons (Fsp3) is 0.381. The van der Waals surface area contributed by atoms with Gasteiger partial charge in [0.2, 0.25) is 11.8 Å². The zero-order valence-electron chi connectivity index (χ0n) is 17.4. The largest absolute Gasteiger partial charge is 0.447 e. The number of nitrogens with zero attached hydrogens (tertiary/aromatic N) is 4. The van der Waals surface area contributed by atoms with Crippen LogP contribution in [0.25, 0.3) is 5.69 Å². The van der Waals surface area contributed by atoms with E-state index in [-0.39, 0.29) is 11.6 Å². The second kappa shape index (κ2) is 9.34. The van der Waals surface area contributed by atoms with E-state index in [0.717, 1.165) is 24.4 Å². The van der Waals surface area contributed by atoms with Gasteiger partial charge < -0.3 is 15.1 Å². The lowest BCUT2D eigenvalue weighted by molar-refractivity contribution is -0.122. The number of aromatic nitrogens is 4. The molecule has 0 saturated carbocycles. The Hall–Kier alpha value is -3.14. The monoisotopic (exact) mass is 440 g/mol. The Morgan fingerprint density at radius 1 is 1.26 bits per heavy atom. The summed E-state index contributed by atoms with van der Waals surface area (Å²) in [6.07, 6.45) is 3.73. The molecule has 3 aromatic rings. The van der Waals surface area contributed by atoms with Crippen LogP contribution in [0.15, 0.2) is 40.1 Å². The second-order valence-corrected chi connectivity index (χ2v) is 8.37. The van der Waals surface area contributed by atoms with Gasteiger partial charge in [-0.05, 0) is 45.2 Å². The fourth-order valence-electron chi connectivity index (χ4n) is 3.34. The minimum Gasteiger partial charge on any atom is -0.447 e. The van der Waals surface area contributed by atoms with E-state index in [1.807, 2.05) is 42.7 Å². The summed E-state index contributed by atoms with van der Waals surface area (Å²) >= 11 is 1.42. The first-order chi connectivity index (χ1) is 15.0. The van der Waals surface area contributed by atoms with Gasteiger partial charge in [0.05, 0.1) is 5.75 Å². The summed E-state index contributed by atoms with van der Waals surface area (Å²) in [4.78, 5) is 28.8. The highest BCUT2D eigenvalue weighted by Gasteiger charge is 2.24. The number of nitrogens with one attached hydrogen (secondary N) is 2. The number of carbonyl (C=O) groups is 2. The summed E-state index contributed by atoms with van der Waals surface area (Å²) < 4.78 is 7.43. The lowest BCUT2D eigenvalue weighted by Crippen LogP contribution is -2.45. The molecule has 0 bridgehead atoms. The Kier molecular flexibility index (Phi) is 6.36. The Morgan fingerprint density at radius 2 is 2.06 bits per heavy atom. The van der Waals surface area contributed by atoms with Gasteiger partial charge in [-0.2, -0.15) is 0 Å². The van der Waals surface area contributed by atoms with Crippen molar-refractivity contribution in [1.29, 1.82) is 0 Å². The van der Waals surface area contributed by atoms with Gasteiger partial charge in [-0.15, -0.1) is 10.2 Å². The minimum absolute atomic E-state index is 0.156. The van der Waals surface area contributed by atoms with Gasteiger partial charge in [0, 0.05) is 12.2 Å². The third kappa shape index (κ3) is 4.96. The van der Waals surface area contributed by atoms with Gasteiger partial charge >= 0.3 is 0 Å². The lowest BCUT2D eigenvalue weighted by Gasteiger charge is -2.13. The van der Waals surface area contributed by atoms with E-state index in [1.165, 1.54) is 23.6 Å². The maximum atomic E-state index is 12.5. The second-order valence-electron chi connectivity index (χ2n) is 7.43. The molecular formula is C21H24N6O3S. The summed E-state index contributed by atoms with van der Waals surface area (Å²) in [5.41, 5.74) is 2.31. The van der Waals surface area contributed by atoms with E-state index in [1.54, 1.807) is 0 Å². The topological polar surface area (TPSA) is 115 Å². The van der Waals surface area contributed by atoms with E-state index in [9.17, 15) is 9.59 Å². The first-order valence-electron chi connectivity index (χ1n) is 10.2. The molecule has 1 atom stereocenters. The van der Waals surface area contributed by atoms with Crippen molar-refractivity contribution in [3.63, 3.8) is 0 Å². The van der Waals surface area contributed by atoms with Crippen LogP contribution in [0.3, 0.4) is 0 Å². The molecule has 2 amide bonds. The van der Waals surface area contributed by atoms with Crippen LogP contribution in [-0.2, 0) is 10.5 Å². The van der Waals surface area contributed by atoms with Gasteiger partial charge in [-0.1, -0.05) is 29.5 Å². The van der Waals surface area contributed by atoms with E-state index < -0.39 is 11.9 Å². The molecule has 1 aromatic carbocycles. The number of rotatable bonds is 6. The molecule has 1 aliphatic heterocycles. The summed E-state index contributed by atoms with van der Waals surface area (Å²) in [7, 11) is 0. The Morgan fingerprint density at radius 3 is 2.87 bits per heavy atom. The van der Waals surface area contributed by atoms with Crippen molar-refractivity contribution in [1.82, 2.24) is 30.4 Å². The van der Waals surface area contributed by atoms with Crippen molar-refractivity contribution < 1.29 is 14.0 Å². The number of thioether (sulfide) groups is 1. The summed E-state index contributed by atoms with van der Waals surface area (Å²) in [6.45, 7) is 4.58. The first-order valence-corrected chi connectivity index (χ1v) is 11.1. The van der Waals surface area contributed by atoms with Gasteiger partial charge in [-0.25, -0.2) is 4.98 Å². The molecule has 1 aliphatic rings. The molecular weight excluding hydrogens is 416 g/mol. The summed E-state index contributed by atoms with van der Waals surface area (Å²) in [5.74, 6) is 0.995. The Balaban J connectivity index is 1.40. The zero-order chi connectivity index (χ0) is 21.8. The first kappa shape index (κ1) is 21.1. The molecule has 1 unspecified atom stereocenters. The maximum absolute atomic E-state index is 12.5. The van der Waals surface area contributed by atoms with E-state index >= 15 is 0 Å². The predicted molar refractivity (Wildman–Crippen MR) is 115 cm³/mol. The highest BCUT2D eigenvalue weighted by atomic mass is 32.2. The third-order valence-corrected chi connectivity index (χ3v) is 5.95. The standard InChI is InChI=1S/C21H24N6O3S/c1-13-6-8-15(9-7-13)27-14(2)25-26-21(27)31-12-18-23-17(11-30-18)20(29)24-16-5-3-4-10-22-19(16)28/h6-9,11,16H,3-5,10,12H2,1-2H3,(H,22,28)(H,24,29). The fourth-order valence-corrected chi connectivity index (χ4v) is 4.19. The molecule has 162 valence electrons. The van der Waals surface area contributed by atoms with E-state index in [0.29, 0.717) is 29.8 Å². The van der Waals surface area contributed by atoms with Crippen LogP contribution in [0.2, 0.25) is 0 Å². The number of hydrogen-bond acceptors (Lipinski definition) is 7. The van der Waals surface area contributed by atoms with Crippen LogP contribution < -0.4 is 10.6 Å². The molecule has 2 aromatic heterocycles. The van der Waals surface area contributed by atoms with E-state index in [2.05, 4.69) is 25.8 Å². The molecule has 0 spiro atoms. The average molecular weight is 441 g/mol. The molecule has 9 nitrogen and oxygen atoms in total. The maximum Gasteiger partial charge on any atom is 0.273 e. The van der Waals surface area contributed by atoms with Crippen molar-refractivity contribution in [2.75, 3.05) is 6.54 Å². The minimum atomic E-state index is -0.541. The number of hydrogen-bond donors (Lipinski definition) is 2. The van der Waals surface area contributed by atoms with Gasteiger partial charge in [-0.3, -0.25) is 14.2 Å². The Bertz CT molecular complexity index is 1080. The molecule has 10 heteroatoms. The molecule has 2 N–H and O–H groups in total. The van der Waals surface area contributed by atoms with Crippen molar-refractivity contribution in [2.24, 2.45) is 0 Å². The van der Waals surface area contributed by atoms with Gasteiger partial charge in [0.1, 0.15) is 18.1 Å². The molecule has 1 saturated heterocycles. The van der Waals surface area contributed by atoms with Gasteiger partial charge in [0.15, 0.2) is 10.9 Å². The van der Waals surface area contributed by atoms with Crippen molar-refractivity contribution in [2.45, 2.75) is 50.1 Å². The third-order valence-electron chi connectivity index (χ3n) is 5.04. The number of amides is 2. The van der Waals surface area contributed by atoms with Crippen LogP contribution in [-0.4, -0.2) is 44.1 Å². The Labute approximate surface area is 184 Å². The SMILES string of the molecule is Cc1ccc(-n2c(C)nnc2SCc2nc(C(=O)NC3CCCCNC3=O)co2)cc1. The van der Waals surface area contributed by atoms with Crippen molar-refractivity contribution >= 4 is 23.6 Å². The van der Waals surface area contributed by atoms with Crippen LogP contribution in [0.4, 0.5) is 0 Å². The number of aryl methyl sites for hydroxylation is 2. The van der Waals surface area contributed by atoms with Crippen LogP contribution in [0, 0.1) is 13.8 Å². The smallest absolute Gasteiger partial charge is 0.273 e. The number of carbonyl (C=O) groups excluding carboxylic acids is 2. The average Bonchev–Trinajstić information content (AvgIpc) is 3.32. The lowest BCUT2D eigenvalue weighted by atomic mass is 10.1. The van der Waals surface area contributed by atoms with Crippen LogP contribution in [0.1, 0.15) is 47.0 Å². The molecule has 3 heterocycles. The van der Waals surface area contributed by atoms with E-state index in [4.69, 9.17) is 4.42 Å². The molecule has 31 heavy (non-hydrogen) atoms. The molecule has 0 radical (unpaired) electrons. The number of benzene rings is 1. The molecule has 1 fully saturated rings. The van der Waals surface area contributed by atoms with Crippen molar-refractivity contribution in [3.05, 3.63) is 53.5 Å². The number of oxazole rings is 1. The van der Waals surface area contributed by atoms with Crippen LogP contribution in [0.5, 0.6) is 0 Å². The zero-order valence-corrected chi connectivity index (χ0v) is 18.2. The van der Waals surface area contributed by atoms with Crippen molar-refractivity contribution in [3.8, 4) is 5.69 Å². The predicted octanol–water partition coefficient (Wildman–Crippen LogP) is 2.56. The normalized spacial score (nSPS) is 16.6. The molecule has 0 aliphatic carbocycles. The molecule has 4 rings (SSSR count). The van der Waals surface area contributed by atoms with Crippen LogP contribution >= 0.6 is 11.8 Å².